The van der Waals surface area contributed by atoms with E-state index in [1.807, 2.05) is 6.07 Å². The number of nitrogens with one attached hydrogen (secondary N) is 1. The molecule has 11 heteroatoms. The Hall–Kier alpha value is -2.80. The van der Waals surface area contributed by atoms with Crippen LogP contribution in [0, 0.1) is 11.3 Å². The van der Waals surface area contributed by atoms with Crippen molar-refractivity contribution in [3.8, 4) is 17.6 Å². The molecule has 0 heterocycles. The van der Waals surface area contributed by atoms with Crippen LogP contribution < -0.4 is 15.2 Å². The van der Waals surface area contributed by atoms with Crippen LogP contribution in [0.3, 0.4) is 0 Å². The van der Waals surface area contributed by atoms with E-state index in [0.29, 0.717) is 16.3 Å². The van der Waals surface area contributed by atoms with Crippen molar-refractivity contribution < 1.29 is 17.9 Å². The van der Waals surface area contributed by atoms with Gasteiger partial charge >= 0.3 is 0 Å². The number of primary sulfonamides is 1. The Kier molecular flexibility index (Phi) is 7.29. The van der Waals surface area contributed by atoms with E-state index in [0.717, 1.165) is 0 Å². The molecule has 3 aromatic carbocycles. The van der Waals surface area contributed by atoms with E-state index in [9.17, 15) is 13.2 Å². The van der Waals surface area contributed by atoms with Crippen LogP contribution in [0.1, 0.15) is 11.1 Å². The lowest BCUT2D eigenvalue weighted by atomic mass is 10.1. The average Bonchev–Trinajstić information content (AvgIpc) is 2.72. The first-order chi connectivity index (χ1) is 15.1. The Balaban J connectivity index is 1.83. The van der Waals surface area contributed by atoms with E-state index < -0.39 is 15.9 Å². The lowest BCUT2D eigenvalue weighted by molar-refractivity contribution is -0.115. The molecular formula is C21H14Cl3N3O4S. The summed E-state index contributed by atoms with van der Waals surface area (Å²) in [5.41, 5.74) is 0.774. The number of amides is 1. The van der Waals surface area contributed by atoms with Gasteiger partial charge in [-0.05, 0) is 60.2 Å². The van der Waals surface area contributed by atoms with Crippen LogP contribution in [-0.4, -0.2) is 14.3 Å². The van der Waals surface area contributed by atoms with Crippen LogP contribution in [0.5, 0.6) is 11.5 Å². The first kappa shape index (κ1) is 23.9. The van der Waals surface area contributed by atoms with Crippen LogP contribution in [-0.2, 0) is 21.2 Å². The van der Waals surface area contributed by atoms with Gasteiger partial charge in [0.1, 0.15) is 22.5 Å². The number of benzene rings is 3. The standard InChI is InChI=1S/C21H14Cl3N3O4S/c22-14-1-4-16(5-2-14)31-19-6-3-15(10-20(19)32(26,29)30)27-21(28)9-12-7-18(24)13(11-25)8-17(12)23/h1-8,10H,9H2,(H,27,28)(H2,26,29,30). The maximum absolute atomic E-state index is 12.5. The topological polar surface area (TPSA) is 122 Å². The number of nitrogens with zero attached hydrogens (tertiary/aromatic N) is 1. The Labute approximate surface area is 199 Å². The Bertz CT molecular complexity index is 1340. The van der Waals surface area contributed by atoms with Crippen molar-refractivity contribution in [1.29, 1.82) is 5.26 Å². The van der Waals surface area contributed by atoms with Gasteiger partial charge in [-0.25, -0.2) is 13.6 Å². The Morgan fingerprint density at radius 3 is 2.34 bits per heavy atom. The number of rotatable bonds is 6. The van der Waals surface area contributed by atoms with E-state index in [1.165, 1.54) is 30.3 Å². The number of halogens is 3. The lowest BCUT2D eigenvalue weighted by Gasteiger charge is -2.13. The Morgan fingerprint density at radius 1 is 1.03 bits per heavy atom. The number of nitrogens with two attached hydrogens (primary N) is 1. The summed E-state index contributed by atoms with van der Waals surface area (Å²) in [6, 6.07) is 15.0. The molecule has 0 aliphatic rings. The summed E-state index contributed by atoms with van der Waals surface area (Å²) < 4.78 is 29.8. The van der Waals surface area contributed by atoms with Gasteiger partial charge in [-0.15, -0.1) is 0 Å². The molecule has 0 aromatic heterocycles. The molecular weight excluding hydrogens is 497 g/mol. The van der Waals surface area contributed by atoms with Gasteiger partial charge in [0.2, 0.25) is 15.9 Å². The van der Waals surface area contributed by atoms with Gasteiger partial charge in [0.05, 0.1) is 17.0 Å². The van der Waals surface area contributed by atoms with Crippen LogP contribution in [0.2, 0.25) is 15.1 Å². The molecule has 0 bridgehead atoms. The second-order valence-corrected chi connectivity index (χ2v) is 9.30. The van der Waals surface area contributed by atoms with Crippen molar-refractivity contribution >= 4 is 56.4 Å². The van der Waals surface area contributed by atoms with E-state index in [2.05, 4.69) is 5.32 Å². The van der Waals surface area contributed by atoms with Gasteiger partial charge in [0.25, 0.3) is 0 Å². The molecule has 3 rings (SSSR count). The lowest BCUT2D eigenvalue weighted by Crippen LogP contribution is -2.17. The molecule has 0 aliphatic heterocycles. The minimum atomic E-state index is -4.17. The van der Waals surface area contributed by atoms with Crippen molar-refractivity contribution in [1.82, 2.24) is 0 Å². The van der Waals surface area contributed by atoms with Gasteiger partial charge in [-0.3, -0.25) is 4.79 Å². The highest BCUT2D eigenvalue weighted by atomic mass is 35.5. The van der Waals surface area contributed by atoms with E-state index in [1.54, 1.807) is 24.3 Å². The first-order valence-corrected chi connectivity index (χ1v) is 11.5. The maximum atomic E-state index is 12.5. The van der Waals surface area contributed by atoms with Gasteiger partial charge in [-0.1, -0.05) is 34.8 Å². The second-order valence-electron chi connectivity index (χ2n) is 6.52. The number of ether oxygens (including phenoxy) is 1. The summed E-state index contributed by atoms with van der Waals surface area (Å²) in [4.78, 5) is 12.2. The quantitative estimate of drug-likeness (QED) is 0.475. The molecule has 0 radical (unpaired) electrons. The third kappa shape index (κ3) is 5.91. The summed E-state index contributed by atoms with van der Waals surface area (Å²) >= 11 is 17.9. The third-order valence-electron chi connectivity index (χ3n) is 4.18. The molecule has 0 atom stereocenters. The van der Waals surface area contributed by atoms with Gasteiger partial charge < -0.3 is 10.1 Å². The molecule has 7 nitrogen and oxygen atoms in total. The number of nitriles is 1. The van der Waals surface area contributed by atoms with Gasteiger partial charge in [-0.2, -0.15) is 5.26 Å². The molecule has 1 amide bonds. The first-order valence-electron chi connectivity index (χ1n) is 8.85. The molecule has 0 fully saturated rings. The molecule has 0 saturated heterocycles. The molecule has 0 aliphatic carbocycles. The maximum Gasteiger partial charge on any atom is 0.241 e. The largest absolute Gasteiger partial charge is 0.456 e. The number of anilines is 1. The molecule has 164 valence electrons. The van der Waals surface area contributed by atoms with Crippen molar-refractivity contribution in [3.05, 3.63) is 80.8 Å². The SMILES string of the molecule is N#Cc1cc(Cl)c(CC(=O)Nc2ccc(Oc3ccc(Cl)cc3)c(S(N)(=O)=O)c2)cc1Cl. The minimum Gasteiger partial charge on any atom is -0.456 e. The van der Waals surface area contributed by atoms with Crippen LogP contribution >= 0.6 is 34.8 Å². The zero-order valence-electron chi connectivity index (χ0n) is 16.1. The van der Waals surface area contributed by atoms with E-state index in [-0.39, 0.29) is 38.4 Å². The van der Waals surface area contributed by atoms with Crippen molar-refractivity contribution in [2.45, 2.75) is 11.3 Å². The predicted octanol–water partition coefficient (Wildman–Crippen LogP) is 5.14. The highest BCUT2D eigenvalue weighted by Crippen LogP contribution is 2.31. The zero-order valence-corrected chi connectivity index (χ0v) is 19.2. The summed E-state index contributed by atoms with van der Waals surface area (Å²) in [5.74, 6) is -0.155. The number of hydrogen-bond donors (Lipinski definition) is 2. The third-order valence-corrected chi connectivity index (χ3v) is 6.03. The Morgan fingerprint density at radius 2 is 1.72 bits per heavy atom. The van der Waals surface area contributed by atoms with Gasteiger partial charge in [0, 0.05) is 15.7 Å². The van der Waals surface area contributed by atoms with Crippen molar-refractivity contribution in [2.24, 2.45) is 5.14 Å². The predicted molar refractivity (Wildman–Crippen MR) is 123 cm³/mol. The molecule has 32 heavy (non-hydrogen) atoms. The average molecular weight is 511 g/mol. The smallest absolute Gasteiger partial charge is 0.241 e. The van der Waals surface area contributed by atoms with E-state index in [4.69, 9.17) is 49.9 Å². The van der Waals surface area contributed by atoms with Crippen molar-refractivity contribution in [2.75, 3.05) is 5.32 Å². The summed E-state index contributed by atoms with van der Waals surface area (Å²) in [6.45, 7) is 0. The molecule has 3 aromatic rings. The van der Waals surface area contributed by atoms with Crippen molar-refractivity contribution in [3.63, 3.8) is 0 Å². The number of hydrogen-bond acceptors (Lipinski definition) is 5. The number of carbonyl (C=O) groups excluding carboxylic acids is 1. The normalized spacial score (nSPS) is 11.0. The summed E-state index contributed by atoms with van der Waals surface area (Å²) in [6.07, 6.45) is -0.155. The summed E-state index contributed by atoms with van der Waals surface area (Å²) in [7, 11) is -4.17. The van der Waals surface area contributed by atoms with Crippen LogP contribution in [0.4, 0.5) is 5.69 Å². The highest BCUT2D eigenvalue weighted by Gasteiger charge is 2.18. The number of sulfonamides is 1. The second kappa shape index (κ2) is 9.77. The summed E-state index contributed by atoms with van der Waals surface area (Å²) in [5, 5.41) is 17.7. The molecule has 3 N–H and O–H groups in total. The minimum absolute atomic E-state index is 0.0188. The van der Waals surface area contributed by atoms with E-state index >= 15 is 0 Å². The number of carbonyl (C=O) groups is 1. The fourth-order valence-corrected chi connectivity index (χ4v) is 3.98. The molecule has 0 unspecified atom stereocenters. The fraction of sp³-hybridized carbons (Fsp3) is 0.0476. The van der Waals surface area contributed by atoms with Crippen LogP contribution in [0.25, 0.3) is 0 Å². The monoisotopic (exact) mass is 509 g/mol. The van der Waals surface area contributed by atoms with Crippen LogP contribution in [0.15, 0.2) is 59.5 Å². The molecule has 0 spiro atoms. The highest BCUT2D eigenvalue weighted by molar-refractivity contribution is 7.89. The fourth-order valence-electron chi connectivity index (χ4n) is 2.71. The van der Waals surface area contributed by atoms with Gasteiger partial charge in [0.15, 0.2) is 0 Å². The molecule has 0 saturated carbocycles. The zero-order chi connectivity index (χ0) is 23.5.